The number of hydrogen-bond donors (Lipinski definition) is 1. The number of thiocarbonyl (C=S) groups is 1. The number of halogens is 1. The number of carbonyl (C=O) groups excluding carboxylic acids is 1. The van der Waals surface area contributed by atoms with Gasteiger partial charge < -0.3 is 14.6 Å². The van der Waals surface area contributed by atoms with Crippen LogP contribution in [0.3, 0.4) is 0 Å². The van der Waals surface area contributed by atoms with Gasteiger partial charge in [-0.3, -0.25) is 9.69 Å². The van der Waals surface area contributed by atoms with Gasteiger partial charge >= 0.3 is 0 Å². The Morgan fingerprint density at radius 1 is 1.19 bits per heavy atom. The molecule has 0 spiro atoms. The van der Waals surface area contributed by atoms with Crippen LogP contribution in [0.1, 0.15) is 5.56 Å². The Hall–Kier alpha value is -2.22. The maximum atomic E-state index is 12.8. The molecule has 1 aliphatic heterocycles. The van der Waals surface area contributed by atoms with Crippen LogP contribution in [0.4, 0.5) is 5.69 Å². The van der Waals surface area contributed by atoms with Crippen LogP contribution < -0.4 is 14.4 Å². The molecule has 3 rings (SSSR count). The molecule has 1 fully saturated rings. The molecule has 0 atom stereocenters. The fraction of sp³-hybridized carbons (Fsp3) is 0.111. The Bertz CT molecular complexity index is 912. The number of ether oxygens (including phenoxy) is 2. The second-order valence-electron chi connectivity index (χ2n) is 5.26. The highest BCUT2D eigenvalue weighted by Gasteiger charge is 2.33. The number of phenolic OH excluding ortho intramolecular Hbond substituents is 1. The van der Waals surface area contributed by atoms with Gasteiger partial charge in [0.1, 0.15) is 5.75 Å². The quantitative estimate of drug-likeness (QED) is 0.596. The van der Waals surface area contributed by atoms with Crippen LogP contribution >= 0.6 is 35.6 Å². The van der Waals surface area contributed by atoms with Crippen LogP contribution in [0.2, 0.25) is 5.02 Å². The molecule has 1 aliphatic rings. The summed E-state index contributed by atoms with van der Waals surface area (Å²) in [6.45, 7) is 0. The van der Waals surface area contributed by atoms with Crippen LogP contribution in [-0.2, 0) is 4.79 Å². The number of aromatic hydroxyl groups is 1. The van der Waals surface area contributed by atoms with Crippen molar-refractivity contribution >= 4 is 57.6 Å². The zero-order valence-corrected chi connectivity index (χ0v) is 16.2. The summed E-state index contributed by atoms with van der Waals surface area (Å²) in [5.41, 5.74) is 1.02. The van der Waals surface area contributed by atoms with E-state index in [1.165, 1.54) is 18.1 Å². The van der Waals surface area contributed by atoms with E-state index in [4.69, 9.17) is 33.3 Å². The topological polar surface area (TPSA) is 59.0 Å². The van der Waals surface area contributed by atoms with Crippen LogP contribution in [0.25, 0.3) is 6.08 Å². The zero-order chi connectivity index (χ0) is 18.8. The Morgan fingerprint density at radius 2 is 1.88 bits per heavy atom. The van der Waals surface area contributed by atoms with Crippen molar-refractivity contribution in [1.82, 2.24) is 0 Å². The Morgan fingerprint density at radius 3 is 2.50 bits per heavy atom. The monoisotopic (exact) mass is 407 g/mol. The van der Waals surface area contributed by atoms with Crippen molar-refractivity contribution in [3.8, 4) is 17.2 Å². The van der Waals surface area contributed by atoms with Crippen molar-refractivity contribution in [2.45, 2.75) is 0 Å². The number of benzene rings is 2. The van der Waals surface area contributed by atoms with Crippen molar-refractivity contribution in [3.63, 3.8) is 0 Å². The van der Waals surface area contributed by atoms with E-state index in [9.17, 15) is 9.90 Å². The first kappa shape index (κ1) is 18.6. The molecule has 2 aromatic carbocycles. The summed E-state index contributed by atoms with van der Waals surface area (Å²) in [6.07, 6.45) is 1.55. The molecule has 0 aromatic heterocycles. The molecule has 0 radical (unpaired) electrons. The lowest BCUT2D eigenvalue weighted by Gasteiger charge is -2.14. The van der Waals surface area contributed by atoms with Crippen LogP contribution in [-0.4, -0.2) is 29.6 Å². The van der Waals surface area contributed by atoms with Gasteiger partial charge in [-0.1, -0.05) is 35.6 Å². The summed E-state index contributed by atoms with van der Waals surface area (Å²) in [5, 5.41) is 10.6. The molecule has 1 amide bonds. The SMILES string of the molecule is COc1ccc(N2C(=O)/C(=C\c3cc(Cl)cc(OC)c3O)SC2=S)cc1. The second-order valence-corrected chi connectivity index (χ2v) is 7.37. The summed E-state index contributed by atoms with van der Waals surface area (Å²) >= 11 is 12.5. The van der Waals surface area contributed by atoms with Crippen molar-refractivity contribution < 1.29 is 19.4 Å². The summed E-state index contributed by atoms with van der Waals surface area (Å²) in [6, 6.07) is 10.1. The molecule has 26 heavy (non-hydrogen) atoms. The van der Waals surface area contributed by atoms with Crippen molar-refractivity contribution in [1.29, 1.82) is 0 Å². The molecule has 0 aliphatic carbocycles. The largest absolute Gasteiger partial charge is 0.504 e. The minimum atomic E-state index is -0.275. The van der Waals surface area contributed by atoms with Gasteiger partial charge in [-0.2, -0.15) is 0 Å². The normalized spacial score (nSPS) is 15.7. The maximum absolute atomic E-state index is 12.8. The predicted octanol–water partition coefficient (Wildman–Crippen LogP) is 4.47. The van der Waals surface area contributed by atoms with Gasteiger partial charge in [-0.15, -0.1) is 0 Å². The minimum Gasteiger partial charge on any atom is -0.504 e. The minimum absolute atomic E-state index is 0.0911. The average Bonchev–Trinajstić information content (AvgIpc) is 2.91. The van der Waals surface area contributed by atoms with Crippen LogP contribution in [0.5, 0.6) is 17.2 Å². The Labute approximate surface area is 165 Å². The van der Waals surface area contributed by atoms with Gasteiger partial charge in [0.15, 0.2) is 15.8 Å². The molecule has 1 saturated heterocycles. The number of carbonyl (C=O) groups is 1. The third-order valence-electron chi connectivity index (χ3n) is 3.70. The molecule has 0 unspecified atom stereocenters. The lowest BCUT2D eigenvalue weighted by atomic mass is 10.1. The lowest BCUT2D eigenvalue weighted by molar-refractivity contribution is -0.113. The van der Waals surface area contributed by atoms with E-state index in [1.807, 2.05) is 0 Å². The molecule has 2 aromatic rings. The van der Waals surface area contributed by atoms with Gasteiger partial charge in [0.2, 0.25) is 0 Å². The molecule has 5 nitrogen and oxygen atoms in total. The van der Waals surface area contributed by atoms with E-state index in [1.54, 1.807) is 43.5 Å². The van der Waals surface area contributed by atoms with E-state index in [0.717, 1.165) is 11.8 Å². The number of hydrogen-bond acceptors (Lipinski definition) is 6. The fourth-order valence-corrected chi connectivity index (χ4v) is 3.93. The van der Waals surface area contributed by atoms with Crippen molar-refractivity contribution in [3.05, 3.63) is 51.9 Å². The third-order valence-corrected chi connectivity index (χ3v) is 5.22. The van der Waals surface area contributed by atoms with Crippen molar-refractivity contribution in [2.75, 3.05) is 19.1 Å². The summed E-state index contributed by atoms with van der Waals surface area (Å²) in [5.74, 6) is 0.551. The first-order valence-electron chi connectivity index (χ1n) is 7.43. The maximum Gasteiger partial charge on any atom is 0.270 e. The van der Waals surface area contributed by atoms with E-state index < -0.39 is 0 Å². The molecule has 1 N–H and O–H groups in total. The number of amides is 1. The summed E-state index contributed by atoms with van der Waals surface area (Å²) in [7, 11) is 3.00. The van der Waals surface area contributed by atoms with E-state index in [0.29, 0.717) is 31.2 Å². The number of methoxy groups -OCH3 is 2. The Balaban J connectivity index is 1.96. The summed E-state index contributed by atoms with van der Waals surface area (Å²) < 4.78 is 10.6. The highest BCUT2D eigenvalue weighted by atomic mass is 35.5. The standard InChI is InChI=1S/C18H14ClNO4S2/c1-23-13-5-3-12(4-6-13)20-17(22)15(26-18(20)25)8-10-7-11(19)9-14(24-2)16(10)21/h3-9,21H,1-2H3/b15-8+. The van der Waals surface area contributed by atoms with E-state index >= 15 is 0 Å². The number of phenols is 1. The lowest BCUT2D eigenvalue weighted by Crippen LogP contribution is -2.27. The highest BCUT2D eigenvalue weighted by Crippen LogP contribution is 2.40. The molecule has 1 heterocycles. The highest BCUT2D eigenvalue weighted by molar-refractivity contribution is 8.27. The van der Waals surface area contributed by atoms with Gasteiger partial charge in [0.25, 0.3) is 5.91 Å². The van der Waals surface area contributed by atoms with Gasteiger partial charge in [0, 0.05) is 16.7 Å². The number of thioether (sulfide) groups is 1. The molecule has 0 bridgehead atoms. The summed E-state index contributed by atoms with van der Waals surface area (Å²) in [4.78, 5) is 14.6. The third kappa shape index (κ3) is 3.51. The van der Waals surface area contributed by atoms with Crippen LogP contribution in [0.15, 0.2) is 41.3 Å². The Kier molecular flexibility index (Phi) is 5.41. The molecule has 134 valence electrons. The molecular formula is C18H14ClNO4S2. The zero-order valence-electron chi connectivity index (χ0n) is 13.9. The van der Waals surface area contributed by atoms with Gasteiger partial charge in [-0.05, 0) is 36.4 Å². The molecular weight excluding hydrogens is 394 g/mol. The average molecular weight is 408 g/mol. The smallest absolute Gasteiger partial charge is 0.270 e. The molecule has 0 saturated carbocycles. The van der Waals surface area contributed by atoms with Crippen molar-refractivity contribution in [2.24, 2.45) is 0 Å². The van der Waals surface area contributed by atoms with E-state index in [-0.39, 0.29) is 17.4 Å². The second kappa shape index (κ2) is 7.57. The van der Waals surface area contributed by atoms with Gasteiger partial charge in [-0.25, -0.2) is 0 Å². The fourth-order valence-electron chi connectivity index (χ4n) is 2.42. The van der Waals surface area contributed by atoms with Crippen LogP contribution in [0, 0.1) is 0 Å². The van der Waals surface area contributed by atoms with Gasteiger partial charge in [0.05, 0.1) is 24.8 Å². The van der Waals surface area contributed by atoms with E-state index in [2.05, 4.69) is 0 Å². The first-order chi connectivity index (χ1) is 12.4. The number of rotatable bonds is 4. The number of nitrogens with zero attached hydrogens (tertiary/aromatic N) is 1. The first-order valence-corrected chi connectivity index (χ1v) is 9.03. The predicted molar refractivity (Wildman–Crippen MR) is 108 cm³/mol. The molecule has 8 heteroatoms. The number of anilines is 1.